The van der Waals surface area contributed by atoms with E-state index in [4.69, 9.17) is 9.66 Å². The predicted octanol–water partition coefficient (Wildman–Crippen LogP) is -0.0643. The number of amides is 1. The number of nitrogens with zero attached hydrogens (tertiary/aromatic N) is 1. The number of carbonyl (C=O) groups excluding carboxylic acids is 2. The molecule has 9 heteroatoms. The highest BCUT2D eigenvalue weighted by atomic mass is 32.2. The van der Waals surface area contributed by atoms with E-state index in [-0.39, 0.29) is 11.3 Å². The Morgan fingerprint density at radius 1 is 1.30 bits per heavy atom. The van der Waals surface area contributed by atoms with Gasteiger partial charge < -0.3 is 5.11 Å². The lowest BCUT2D eigenvalue weighted by Gasteiger charge is -2.20. The van der Waals surface area contributed by atoms with Gasteiger partial charge in [-0.3, -0.25) is 19.0 Å². The van der Waals surface area contributed by atoms with E-state index in [0.29, 0.717) is 0 Å². The summed E-state index contributed by atoms with van der Waals surface area (Å²) in [6.07, 6.45) is 0. The minimum atomic E-state index is -4.52. The third kappa shape index (κ3) is 2.06. The molecule has 1 aliphatic rings. The number of carbonyl (C=O) groups is 3. The molecule has 0 saturated heterocycles. The van der Waals surface area contributed by atoms with Crippen molar-refractivity contribution < 1.29 is 32.5 Å². The summed E-state index contributed by atoms with van der Waals surface area (Å²) in [5.74, 6) is -3.38. The Kier molecular flexibility index (Phi) is 3.11. The number of aliphatic carboxylic acids is 1. The Balaban J connectivity index is 2.61. The maximum atomic E-state index is 11.8. The fourth-order valence-corrected chi connectivity index (χ4v) is 2.40. The van der Waals surface area contributed by atoms with Gasteiger partial charge in [-0.15, -0.1) is 0 Å². The summed E-state index contributed by atoms with van der Waals surface area (Å²) in [7, 11) is -4.52. The zero-order valence-electron chi connectivity index (χ0n) is 10.1. The Morgan fingerprint density at radius 3 is 2.40 bits per heavy atom. The fraction of sp³-hybridized carbons (Fsp3) is 0.182. The molecule has 1 unspecified atom stereocenters. The second-order valence-corrected chi connectivity index (χ2v) is 5.59. The third-order valence-electron chi connectivity index (χ3n) is 2.93. The Bertz CT molecular complexity index is 737. The Morgan fingerprint density at radius 2 is 1.90 bits per heavy atom. The highest BCUT2D eigenvalue weighted by Gasteiger charge is 2.41. The number of carboxylic acid groups (broad SMARTS) is 1. The summed E-state index contributed by atoms with van der Waals surface area (Å²) in [5, 5.41) is 8.91. The predicted molar refractivity (Wildman–Crippen MR) is 65.2 cm³/mol. The number of Topliss-reactive ketones (excluding diaryl/α,β-unsaturated/α-hetero) is 1. The zero-order chi connectivity index (χ0) is 15.2. The smallest absolute Gasteiger partial charge is 0.326 e. The number of rotatable bonds is 3. The first kappa shape index (κ1) is 14.2. The first-order valence-corrected chi connectivity index (χ1v) is 6.81. The summed E-state index contributed by atoms with van der Waals surface area (Å²) >= 11 is 0. The number of ketones is 1. The third-order valence-corrected chi connectivity index (χ3v) is 3.78. The average Bonchev–Trinajstić information content (AvgIpc) is 2.60. The molecule has 0 radical (unpaired) electrons. The van der Waals surface area contributed by atoms with E-state index in [0.717, 1.165) is 23.1 Å². The maximum Gasteiger partial charge on any atom is 0.326 e. The van der Waals surface area contributed by atoms with Crippen LogP contribution in [0.2, 0.25) is 0 Å². The molecule has 0 bridgehead atoms. The van der Waals surface area contributed by atoms with Crippen LogP contribution < -0.4 is 4.90 Å². The van der Waals surface area contributed by atoms with Crippen molar-refractivity contribution in [1.29, 1.82) is 0 Å². The molecule has 0 fully saturated rings. The van der Waals surface area contributed by atoms with Crippen molar-refractivity contribution >= 4 is 33.5 Å². The molecule has 0 aliphatic carbocycles. The standard InChI is InChI=1S/C11H9NO7S/c1-5(11(15)16)12-8-3-2-6(20(17,18)19)4-7(8)9(13)10(12)14/h2-5H,1H3,(H,15,16)(H,17,18,19). The van der Waals surface area contributed by atoms with Crippen LogP contribution in [0.3, 0.4) is 0 Å². The lowest BCUT2D eigenvalue weighted by atomic mass is 10.1. The van der Waals surface area contributed by atoms with Crippen LogP contribution >= 0.6 is 0 Å². The molecule has 0 saturated carbocycles. The van der Waals surface area contributed by atoms with Gasteiger partial charge >= 0.3 is 5.97 Å². The summed E-state index contributed by atoms with van der Waals surface area (Å²) < 4.78 is 30.9. The molecule has 1 atom stereocenters. The van der Waals surface area contributed by atoms with Crippen molar-refractivity contribution in [2.24, 2.45) is 0 Å². The van der Waals surface area contributed by atoms with Crippen LogP contribution in [0.15, 0.2) is 23.1 Å². The van der Waals surface area contributed by atoms with Gasteiger partial charge in [0, 0.05) is 0 Å². The van der Waals surface area contributed by atoms with Gasteiger partial charge in [0.25, 0.3) is 21.8 Å². The molecule has 1 amide bonds. The molecule has 0 aromatic heterocycles. The van der Waals surface area contributed by atoms with Crippen molar-refractivity contribution in [3.05, 3.63) is 23.8 Å². The van der Waals surface area contributed by atoms with Gasteiger partial charge in [-0.2, -0.15) is 8.42 Å². The van der Waals surface area contributed by atoms with Gasteiger partial charge in [-0.05, 0) is 25.1 Å². The van der Waals surface area contributed by atoms with E-state index in [1.807, 2.05) is 0 Å². The number of anilines is 1. The van der Waals surface area contributed by atoms with Gasteiger partial charge in [0.1, 0.15) is 6.04 Å². The largest absolute Gasteiger partial charge is 0.480 e. The SMILES string of the molecule is CC(C(=O)O)N1C(=O)C(=O)c2cc(S(=O)(=O)O)ccc21. The topological polar surface area (TPSA) is 129 Å². The lowest BCUT2D eigenvalue weighted by Crippen LogP contribution is -2.42. The second-order valence-electron chi connectivity index (χ2n) is 4.17. The molecule has 2 N–H and O–H groups in total. The molecular weight excluding hydrogens is 290 g/mol. The van der Waals surface area contributed by atoms with Crippen molar-refractivity contribution in [1.82, 2.24) is 0 Å². The van der Waals surface area contributed by atoms with E-state index in [2.05, 4.69) is 0 Å². The highest BCUT2D eigenvalue weighted by Crippen LogP contribution is 2.32. The lowest BCUT2D eigenvalue weighted by molar-refractivity contribution is -0.139. The van der Waals surface area contributed by atoms with Gasteiger partial charge in [0.15, 0.2) is 0 Å². The molecule has 1 heterocycles. The first-order chi connectivity index (χ1) is 9.14. The van der Waals surface area contributed by atoms with Gasteiger partial charge in [-0.1, -0.05) is 0 Å². The number of hydrogen-bond acceptors (Lipinski definition) is 5. The molecule has 106 valence electrons. The number of carboxylic acids is 1. The van der Waals surface area contributed by atoms with Crippen molar-refractivity contribution in [2.75, 3.05) is 4.90 Å². The molecule has 1 aromatic carbocycles. The van der Waals surface area contributed by atoms with Gasteiger partial charge in [-0.25, -0.2) is 4.79 Å². The maximum absolute atomic E-state index is 11.8. The molecule has 8 nitrogen and oxygen atoms in total. The molecule has 1 aliphatic heterocycles. The molecule has 1 aromatic rings. The van der Waals surface area contributed by atoms with Gasteiger partial charge in [0.05, 0.1) is 16.1 Å². The fourth-order valence-electron chi connectivity index (χ4n) is 1.90. The van der Waals surface area contributed by atoms with Gasteiger partial charge in [0.2, 0.25) is 0 Å². The number of fused-ring (bicyclic) bond motifs is 1. The summed E-state index contributed by atoms with van der Waals surface area (Å²) in [6, 6.07) is 1.67. The summed E-state index contributed by atoms with van der Waals surface area (Å²) in [5.41, 5.74) is -0.250. The van der Waals surface area contributed by atoms with Crippen molar-refractivity contribution in [2.45, 2.75) is 17.9 Å². The molecule has 20 heavy (non-hydrogen) atoms. The Hall–Kier alpha value is -2.26. The number of hydrogen-bond donors (Lipinski definition) is 2. The van der Waals surface area contributed by atoms with Crippen LogP contribution in [0.5, 0.6) is 0 Å². The van der Waals surface area contributed by atoms with E-state index < -0.39 is 38.7 Å². The van der Waals surface area contributed by atoms with Crippen molar-refractivity contribution in [3.8, 4) is 0 Å². The average molecular weight is 299 g/mol. The summed E-state index contributed by atoms with van der Waals surface area (Å²) in [4.78, 5) is 34.7. The van der Waals surface area contributed by atoms with Crippen LogP contribution in [-0.4, -0.2) is 41.8 Å². The van der Waals surface area contributed by atoms with E-state index in [1.165, 1.54) is 6.92 Å². The summed E-state index contributed by atoms with van der Waals surface area (Å²) in [6.45, 7) is 1.22. The van der Waals surface area contributed by atoms with E-state index in [9.17, 15) is 22.8 Å². The molecular formula is C11H9NO7S. The monoisotopic (exact) mass is 299 g/mol. The van der Waals surface area contributed by atoms with Crippen LogP contribution in [0.4, 0.5) is 5.69 Å². The van der Waals surface area contributed by atoms with E-state index in [1.54, 1.807) is 0 Å². The van der Waals surface area contributed by atoms with Crippen LogP contribution in [0, 0.1) is 0 Å². The minimum absolute atomic E-state index is 0.00213. The van der Waals surface area contributed by atoms with Crippen LogP contribution in [-0.2, 0) is 19.7 Å². The molecule has 0 spiro atoms. The highest BCUT2D eigenvalue weighted by molar-refractivity contribution is 7.85. The van der Waals surface area contributed by atoms with Crippen molar-refractivity contribution in [3.63, 3.8) is 0 Å². The second kappa shape index (κ2) is 4.39. The first-order valence-electron chi connectivity index (χ1n) is 5.37. The van der Waals surface area contributed by atoms with Crippen LogP contribution in [0.1, 0.15) is 17.3 Å². The Labute approximate surface area is 113 Å². The quantitative estimate of drug-likeness (QED) is 0.590. The minimum Gasteiger partial charge on any atom is -0.480 e. The van der Waals surface area contributed by atoms with E-state index >= 15 is 0 Å². The molecule has 2 rings (SSSR count). The zero-order valence-corrected chi connectivity index (χ0v) is 10.9. The number of benzene rings is 1. The van der Waals surface area contributed by atoms with Crippen LogP contribution in [0.25, 0.3) is 0 Å². The normalized spacial score (nSPS) is 16.2.